The molecule has 0 radical (unpaired) electrons. The van der Waals surface area contributed by atoms with Gasteiger partial charge in [-0.1, -0.05) is 39.1 Å². The molecule has 130 valence electrons. The van der Waals surface area contributed by atoms with Crippen LogP contribution >= 0.6 is 39.1 Å². The van der Waals surface area contributed by atoms with Gasteiger partial charge in [0.25, 0.3) is 11.8 Å². The molecule has 2 rings (SSSR count). The molecule has 0 heterocycles. The Morgan fingerprint density at radius 3 is 2.12 bits per heavy atom. The third-order valence-corrected chi connectivity index (χ3v) is 3.82. The molecule has 0 aliphatic heterocycles. The van der Waals surface area contributed by atoms with Gasteiger partial charge in [0, 0.05) is 20.1 Å². The standard InChI is InChI=1S/C16H11BrCl2N2O4/c17-11-3-1-9(2-4-11)15(23)21-20-14(22)8-25-16(24)10-5-12(18)7-13(19)6-10/h1-7H,8H2,(H,20,22)(H,21,23). The van der Waals surface area contributed by atoms with Gasteiger partial charge in [-0.2, -0.15) is 0 Å². The minimum atomic E-state index is -0.765. The number of esters is 1. The van der Waals surface area contributed by atoms with E-state index in [9.17, 15) is 14.4 Å². The fourth-order valence-corrected chi connectivity index (χ4v) is 2.51. The van der Waals surface area contributed by atoms with Crippen molar-refractivity contribution >= 4 is 56.9 Å². The fraction of sp³-hybridized carbons (Fsp3) is 0.0625. The molecule has 2 amide bonds. The van der Waals surface area contributed by atoms with E-state index in [0.29, 0.717) is 5.56 Å². The molecule has 0 aliphatic carbocycles. The summed E-state index contributed by atoms with van der Waals surface area (Å²) in [5, 5.41) is 0.538. The molecule has 0 fully saturated rings. The Morgan fingerprint density at radius 1 is 0.920 bits per heavy atom. The normalized spacial score (nSPS) is 10.0. The lowest BCUT2D eigenvalue weighted by Gasteiger charge is -2.08. The van der Waals surface area contributed by atoms with Crippen LogP contribution in [-0.2, 0) is 9.53 Å². The van der Waals surface area contributed by atoms with Crippen molar-refractivity contribution in [3.63, 3.8) is 0 Å². The summed E-state index contributed by atoms with van der Waals surface area (Å²) in [6.07, 6.45) is 0. The smallest absolute Gasteiger partial charge is 0.338 e. The number of ether oxygens (including phenoxy) is 1. The average molecular weight is 446 g/mol. The van der Waals surface area contributed by atoms with E-state index >= 15 is 0 Å². The van der Waals surface area contributed by atoms with Crippen LogP contribution in [0.5, 0.6) is 0 Å². The Morgan fingerprint density at radius 2 is 1.52 bits per heavy atom. The number of benzene rings is 2. The van der Waals surface area contributed by atoms with Crippen LogP contribution in [0, 0.1) is 0 Å². The number of hydrogen-bond acceptors (Lipinski definition) is 4. The highest BCUT2D eigenvalue weighted by molar-refractivity contribution is 9.10. The molecule has 0 saturated carbocycles. The lowest BCUT2D eigenvalue weighted by Crippen LogP contribution is -2.43. The molecule has 0 spiro atoms. The molecule has 6 nitrogen and oxygen atoms in total. The second-order valence-corrected chi connectivity index (χ2v) is 6.53. The summed E-state index contributed by atoms with van der Waals surface area (Å²) in [5.41, 5.74) is 4.83. The first-order valence-electron chi connectivity index (χ1n) is 6.83. The van der Waals surface area contributed by atoms with Crippen LogP contribution in [0.1, 0.15) is 20.7 Å². The molecular formula is C16H11BrCl2N2O4. The maximum atomic E-state index is 11.8. The Balaban J connectivity index is 1.81. The maximum Gasteiger partial charge on any atom is 0.338 e. The summed E-state index contributed by atoms with van der Waals surface area (Å²) in [5.74, 6) is -1.97. The number of carbonyl (C=O) groups is 3. The van der Waals surface area contributed by atoms with Gasteiger partial charge >= 0.3 is 5.97 Å². The van der Waals surface area contributed by atoms with Crippen molar-refractivity contribution < 1.29 is 19.1 Å². The maximum absolute atomic E-state index is 11.8. The van der Waals surface area contributed by atoms with Gasteiger partial charge in [0.2, 0.25) is 0 Å². The number of halogens is 3. The van der Waals surface area contributed by atoms with Crippen LogP contribution < -0.4 is 10.9 Å². The molecule has 9 heteroatoms. The van der Waals surface area contributed by atoms with Crippen LogP contribution in [0.15, 0.2) is 46.9 Å². The van der Waals surface area contributed by atoms with Gasteiger partial charge in [-0.05, 0) is 42.5 Å². The Bertz CT molecular complexity index is 792. The predicted octanol–water partition coefficient (Wildman–Crippen LogP) is 3.37. The quantitative estimate of drug-likeness (QED) is 0.558. The summed E-state index contributed by atoms with van der Waals surface area (Å²) >= 11 is 14.8. The first-order valence-corrected chi connectivity index (χ1v) is 8.38. The van der Waals surface area contributed by atoms with Crippen LogP contribution in [0.4, 0.5) is 0 Å². The van der Waals surface area contributed by atoms with E-state index in [-0.39, 0.29) is 15.6 Å². The van der Waals surface area contributed by atoms with Crippen molar-refractivity contribution in [3.05, 3.63) is 68.1 Å². The van der Waals surface area contributed by atoms with E-state index in [1.807, 2.05) is 0 Å². The van der Waals surface area contributed by atoms with E-state index in [1.165, 1.54) is 18.2 Å². The first-order chi connectivity index (χ1) is 11.8. The van der Waals surface area contributed by atoms with Crippen molar-refractivity contribution in [2.24, 2.45) is 0 Å². The molecule has 2 aromatic rings. The molecule has 0 unspecified atom stereocenters. The molecule has 0 atom stereocenters. The highest BCUT2D eigenvalue weighted by Gasteiger charge is 2.13. The second kappa shape index (κ2) is 8.84. The Hall–Kier alpha value is -2.09. The van der Waals surface area contributed by atoms with E-state index in [1.54, 1.807) is 24.3 Å². The lowest BCUT2D eigenvalue weighted by atomic mass is 10.2. The Kier molecular flexibility index (Phi) is 6.81. The number of hydrogen-bond donors (Lipinski definition) is 2. The molecule has 25 heavy (non-hydrogen) atoms. The topological polar surface area (TPSA) is 84.5 Å². The predicted molar refractivity (Wildman–Crippen MR) is 96.5 cm³/mol. The second-order valence-electron chi connectivity index (χ2n) is 4.74. The van der Waals surface area contributed by atoms with E-state index in [4.69, 9.17) is 27.9 Å². The van der Waals surface area contributed by atoms with Crippen molar-refractivity contribution in [2.45, 2.75) is 0 Å². The molecule has 2 N–H and O–H groups in total. The van der Waals surface area contributed by atoms with Crippen LogP contribution in [0.2, 0.25) is 10.0 Å². The number of hydrazine groups is 1. The van der Waals surface area contributed by atoms with Gasteiger partial charge in [-0.3, -0.25) is 20.4 Å². The van der Waals surface area contributed by atoms with Gasteiger partial charge in [0.1, 0.15) is 0 Å². The summed E-state index contributed by atoms with van der Waals surface area (Å²) in [4.78, 5) is 35.3. The van der Waals surface area contributed by atoms with Gasteiger partial charge in [-0.25, -0.2) is 4.79 Å². The number of nitrogens with one attached hydrogen (secondary N) is 2. The van der Waals surface area contributed by atoms with Crippen molar-refractivity contribution in [3.8, 4) is 0 Å². The minimum Gasteiger partial charge on any atom is -0.452 e. The van der Waals surface area contributed by atoms with E-state index in [2.05, 4.69) is 26.8 Å². The zero-order chi connectivity index (χ0) is 18.4. The third-order valence-electron chi connectivity index (χ3n) is 2.85. The van der Waals surface area contributed by atoms with Gasteiger partial charge in [-0.15, -0.1) is 0 Å². The highest BCUT2D eigenvalue weighted by Crippen LogP contribution is 2.19. The summed E-state index contributed by atoms with van der Waals surface area (Å²) < 4.78 is 5.65. The number of carbonyl (C=O) groups excluding carboxylic acids is 3. The van der Waals surface area contributed by atoms with Gasteiger partial charge in [0.15, 0.2) is 6.61 Å². The largest absolute Gasteiger partial charge is 0.452 e. The fourth-order valence-electron chi connectivity index (χ4n) is 1.72. The molecule has 0 saturated heterocycles. The van der Waals surface area contributed by atoms with Crippen LogP contribution in [0.25, 0.3) is 0 Å². The van der Waals surface area contributed by atoms with Crippen molar-refractivity contribution in [1.82, 2.24) is 10.9 Å². The number of amides is 2. The Labute approximate surface area is 161 Å². The highest BCUT2D eigenvalue weighted by atomic mass is 79.9. The first kappa shape index (κ1) is 19.2. The molecule has 0 bridgehead atoms. The summed E-state index contributed by atoms with van der Waals surface area (Å²) in [7, 11) is 0. The summed E-state index contributed by atoms with van der Waals surface area (Å²) in [6, 6.07) is 10.7. The van der Waals surface area contributed by atoms with Crippen LogP contribution in [-0.4, -0.2) is 24.4 Å². The third kappa shape index (κ3) is 6.04. The van der Waals surface area contributed by atoms with Gasteiger partial charge < -0.3 is 4.74 Å². The molecule has 0 aliphatic rings. The molecular weight excluding hydrogens is 435 g/mol. The zero-order valence-corrected chi connectivity index (χ0v) is 15.6. The molecule has 0 aromatic heterocycles. The minimum absolute atomic E-state index is 0.115. The lowest BCUT2D eigenvalue weighted by molar-refractivity contribution is -0.125. The number of rotatable bonds is 4. The monoisotopic (exact) mass is 444 g/mol. The van der Waals surface area contributed by atoms with E-state index < -0.39 is 24.4 Å². The zero-order valence-electron chi connectivity index (χ0n) is 12.5. The molecule has 2 aromatic carbocycles. The van der Waals surface area contributed by atoms with Crippen LogP contribution in [0.3, 0.4) is 0 Å². The van der Waals surface area contributed by atoms with Crippen molar-refractivity contribution in [1.29, 1.82) is 0 Å². The van der Waals surface area contributed by atoms with E-state index in [0.717, 1.165) is 4.47 Å². The average Bonchev–Trinajstić information content (AvgIpc) is 2.57. The summed E-state index contributed by atoms with van der Waals surface area (Å²) in [6.45, 7) is -0.580. The van der Waals surface area contributed by atoms with Gasteiger partial charge in [0.05, 0.1) is 5.56 Å². The van der Waals surface area contributed by atoms with Crippen molar-refractivity contribution in [2.75, 3.05) is 6.61 Å². The SMILES string of the molecule is O=C(COC(=O)c1cc(Cl)cc(Cl)c1)NNC(=O)c1ccc(Br)cc1.